The zero-order chi connectivity index (χ0) is 48.1. The summed E-state index contributed by atoms with van der Waals surface area (Å²) in [6.07, 6.45) is 9.65. The Hall–Kier alpha value is -3.76. The van der Waals surface area contributed by atoms with Gasteiger partial charge in [-0.25, -0.2) is 0 Å². The number of nitrogens with zero attached hydrogens (tertiary/aromatic N) is 2. The van der Waals surface area contributed by atoms with Gasteiger partial charge in [-0.3, -0.25) is 0 Å². The molecule has 67 heavy (non-hydrogen) atoms. The van der Waals surface area contributed by atoms with Gasteiger partial charge in [0.25, 0.3) is 6.71 Å². The predicted octanol–water partition coefficient (Wildman–Crippen LogP) is 16.4. The van der Waals surface area contributed by atoms with Gasteiger partial charge in [0.15, 0.2) is 0 Å². The van der Waals surface area contributed by atoms with Crippen molar-refractivity contribution >= 4 is 67.9 Å². The Morgan fingerprint density at radius 2 is 0.836 bits per heavy atom. The Balaban J connectivity index is 1.30. The van der Waals surface area contributed by atoms with Gasteiger partial charge >= 0.3 is 0 Å². The van der Waals surface area contributed by atoms with Gasteiger partial charge < -0.3 is 9.80 Å². The van der Waals surface area contributed by atoms with Crippen molar-refractivity contribution in [3.8, 4) is 0 Å². The summed E-state index contributed by atoms with van der Waals surface area (Å²) in [6.45, 7) is 45.1. The van der Waals surface area contributed by atoms with Crippen molar-refractivity contribution < 1.29 is 0 Å². The maximum absolute atomic E-state index is 2.83. The molecule has 352 valence electrons. The van der Waals surface area contributed by atoms with Crippen LogP contribution in [0, 0.1) is 0 Å². The molecule has 0 spiro atoms. The van der Waals surface area contributed by atoms with Crippen molar-refractivity contribution in [2.24, 2.45) is 0 Å². The summed E-state index contributed by atoms with van der Waals surface area (Å²) in [5.74, 6) is 0.355. The van der Waals surface area contributed by atoms with Gasteiger partial charge in [-0.05, 0) is 199 Å². The second-order valence-corrected chi connectivity index (χ2v) is 29.3. The second-order valence-electron chi connectivity index (χ2n) is 28.2. The largest absolute Gasteiger partial charge is 0.311 e. The van der Waals surface area contributed by atoms with Crippen LogP contribution in [0.5, 0.6) is 0 Å². The van der Waals surface area contributed by atoms with Crippen molar-refractivity contribution in [2.75, 3.05) is 9.80 Å². The molecule has 0 radical (unpaired) electrons. The first-order chi connectivity index (χ1) is 31.0. The van der Waals surface area contributed by atoms with Gasteiger partial charge in [0, 0.05) is 38.1 Å². The van der Waals surface area contributed by atoms with Crippen LogP contribution in [-0.2, 0) is 43.3 Å². The normalized spacial score (nSPS) is 23.3. The van der Waals surface area contributed by atoms with E-state index in [4.69, 9.17) is 0 Å². The van der Waals surface area contributed by atoms with E-state index in [1.165, 1.54) is 124 Å². The van der Waals surface area contributed by atoms with E-state index >= 15 is 0 Å². The average Bonchev–Trinajstić information content (AvgIpc) is 3.67. The molecule has 0 unspecified atom stereocenters. The Kier molecular flexibility index (Phi) is 9.53. The average molecular weight is 909 g/mol. The smallest absolute Gasteiger partial charge is 0.264 e. The molecule has 0 amide bonds. The summed E-state index contributed by atoms with van der Waals surface area (Å²) in [4.78, 5) is 7.22. The van der Waals surface area contributed by atoms with Gasteiger partial charge in [-0.15, -0.1) is 0 Å². The summed E-state index contributed by atoms with van der Waals surface area (Å²) < 4.78 is 1.55. The summed E-state index contributed by atoms with van der Waals surface area (Å²) in [6, 6.07) is 26.1. The van der Waals surface area contributed by atoms with Crippen molar-refractivity contribution in [3.05, 3.63) is 110 Å². The minimum Gasteiger partial charge on any atom is -0.311 e. The van der Waals surface area contributed by atoms with Crippen molar-refractivity contribution in [1.82, 2.24) is 0 Å². The number of benzene rings is 4. The molecule has 4 aromatic carbocycles. The molecule has 6 aliphatic rings. The lowest BCUT2D eigenvalue weighted by molar-refractivity contribution is 0.332. The van der Waals surface area contributed by atoms with Crippen LogP contribution in [-0.4, -0.2) is 6.71 Å². The molecule has 2 aliphatic heterocycles. The maximum atomic E-state index is 2.83. The third-order valence-corrected chi connectivity index (χ3v) is 21.0. The Bertz CT molecular complexity index is 2920. The van der Waals surface area contributed by atoms with Crippen molar-refractivity contribution in [3.63, 3.8) is 0 Å². The molecule has 5 aromatic rings. The van der Waals surface area contributed by atoms with E-state index in [-0.39, 0.29) is 50.0 Å². The molecule has 0 saturated carbocycles. The number of anilines is 6. The molecular formula is C63H81BN2S. The van der Waals surface area contributed by atoms with E-state index in [1.54, 1.807) is 26.3 Å². The lowest BCUT2D eigenvalue weighted by atomic mass is 9.35. The molecular weight excluding hydrogens is 828 g/mol. The molecule has 3 heterocycles. The van der Waals surface area contributed by atoms with E-state index < -0.39 is 0 Å². The molecule has 4 aliphatic carbocycles. The zero-order valence-electron chi connectivity index (χ0n) is 44.9. The Morgan fingerprint density at radius 1 is 0.433 bits per heavy atom. The summed E-state index contributed by atoms with van der Waals surface area (Å²) in [7, 11) is 0. The van der Waals surface area contributed by atoms with Gasteiger partial charge in [-0.1, -0.05) is 143 Å². The van der Waals surface area contributed by atoms with Gasteiger partial charge in [0.05, 0.1) is 5.69 Å². The van der Waals surface area contributed by atoms with Crippen LogP contribution in [0.15, 0.2) is 60.7 Å². The highest BCUT2D eigenvalue weighted by Gasteiger charge is 2.53. The summed E-state index contributed by atoms with van der Waals surface area (Å²) in [5.41, 5.74) is 24.3. The first-order valence-electron chi connectivity index (χ1n) is 26.4. The first-order valence-corrected chi connectivity index (χ1v) is 27.2. The van der Waals surface area contributed by atoms with Crippen LogP contribution in [0.25, 0.3) is 0 Å². The minimum absolute atomic E-state index is 0.0355. The number of fused-ring (bicyclic) bond motifs is 9. The van der Waals surface area contributed by atoms with E-state index in [9.17, 15) is 0 Å². The number of hydrogen-bond donors (Lipinski definition) is 0. The lowest BCUT2D eigenvalue weighted by Crippen LogP contribution is -2.61. The zero-order valence-corrected chi connectivity index (χ0v) is 45.7. The van der Waals surface area contributed by atoms with Gasteiger partial charge in [0.2, 0.25) is 0 Å². The highest BCUT2D eigenvalue weighted by atomic mass is 32.1. The number of hydrogen-bond acceptors (Lipinski definition) is 3. The van der Waals surface area contributed by atoms with Gasteiger partial charge in [0.1, 0.15) is 0 Å². The SMILES string of the molecule is CC(C)c1cc2c3c(c1)N(c1ccc4c(c1)C(C)(C)CCC4(C)C)c1c(sc4c1C(C)(C)CCC4(C)C)B3c1cc3c(cc1N2c1ccc2c(c1)C(C)(C)CCC2(C)C)C(C)(C)CCC3(C)C. The fraction of sp³-hybridized carbons (Fsp3) is 0.556. The molecule has 0 atom stereocenters. The third kappa shape index (κ3) is 6.51. The highest BCUT2D eigenvalue weighted by Crippen LogP contribution is 2.59. The van der Waals surface area contributed by atoms with E-state index in [1.807, 2.05) is 0 Å². The fourth-order valence-corrected chi connectivity index (χ4v) is 15.9. The number of thiophene rings is 1. The molecule has 0 bridgehead atoms. The second kappa shape index (κ2) is 14.0. The number of rotatable bonds is 3. The molecule has 0 N–H and O–H groups in total. The summed E-state index contributed by atoms with van der Waals surface area (Å²) >= 11 is 2.18. The van der Waals surface area contributed by atoms with E-state index in [0.29, 0.717) is 5.92 Å². The molecule has 2 nitrogen and oxygen atoms in total. The van der Waals surface area contributed by atoms with Crippen LogP contribution in [0.2, 0.25) is 0 Å². The Morgan fingerprint density at radius 3 is 1.33 bits per heavy atom. The van der Waals surface area contributed by atoms with Crippen LogP contribution in [0.1, 0.15) is 231 Å². The van der Waals surface area contributed by atoms with E-state index in [0.717, 1.165) is 0 Å². The minimum atomic E-state index is 0.0355. The van der Waals surface area contributed by atoms with Crippen LogP contribution >= 0.6 is 11.3 Å². The van der Waals surface area contributed by atoms with E-state index in [2.05, 4.69) is 206 Å². The quantitative estimate of drug-likeness (QED) is 0.163. The Labute approximate surface area is 410 Å². The first kappa shape index (κ1) is 45.7. The lowest BCUT2D eigenvalue weighted by Gasteiger charge is -2.48. The van der Waals surface area contributed by atoms with Crippen LogP contribution in [0.3, 0.4) is 0 Å². The third-order valence-electron chi connectivity index (χ3n) is 19.4. The molecule has 0 saturated heterocycles. The standard InChI is InChI=1S/C63H81BN2S/c1-37(2)38-31-49-52-50(32-38)66(40-20-22-42-44(34-40)59(9,10)26-24-57(42,5)6)53-51-54(63(17,18)30-29-62(51,15)16)67-55(53)64(52)47-35-45-46(61(13,14)28-27-60(45,11)12)36-48(47)65(49)39-19-21-41-43(33-39)58(7,8)25-23-56(41,3)4/h19-22,31-37H,23-30H2,1-18H3. The predicted molar refractivity (Wildman–Crippen MR) is 294 cm³/mol. The molecule has 1 aromatic heterocycles. The van der Waals surface area contributed by atoms with Crippen molar-refractivity contribution in [2.45, 2.75) is 225 Å². The molecule has 11 rings (SSSR count). The van der Waals surface area contributed by atoms with Crippen LogP contribution < -0.4 is 25.5 Å². The highest BCUT2D eigenvalue weighted by molar-refractivity contribution is 7.29. The molecule has 0 fully saturated rings. The summed E-state index contributed by atoms with van der Waals surface area (Å²) in [5, 5.41) is 0. The topological polar surface area (TPSA) is 6.48 Å². The monoisotopic (exact) mass is 909 g/mol. The van der Waals surface area contributed by atoms with Gasteiger partial charge in [-0.2, -0.15) is 11.3 Å². The van der Waals surface area contributed by atoms with Crippen molar-refractivity contribution in [1.29, 1.82) is 0 Å². The van der Waals surface area contributed by atoms with Crippen LogP contribution in [0.4, 0.5) is 34.1 Å². The fourth-order valence-electron chi connectivity index (χ4n) is 14.2. The maximum Gasteiger partial charge on any atom is 0.264 e. The molecule has 4 heteroatoms.